The lowest BCUT2D eigenvalue weighted by molar-refractivity contribution is 0.0689. The minimum atomic E-state index is -0.966. The van der Waals surface area contributed by atoms with Crippen LogP contribution in [0.2, 0.25) is 0 Å². The van der Waals surface area contributed by atoms with E-state index in [2.05, 4.69) is 4.98 Å². The summed E-state index contributed by atoms with van der Waals surface area (Å²) < 4.78 is 0. The van der Waals surface area contributed by atoms with Gasteiger partial charge in [-0.15, -0.1) is 11.6 Å². The Bertz CT molecular complexity index is 315. The van der Waals surface area contributed by atoms with Crippen molar-refractivity contribution >= 4 is 17.6 Å². The van der Waals surface area contributed by atoms with E-state index in [0.717, 1.165) is 24.8 Å². The first kappa shape index (κ1) is 11.0. The quantitative estimate of drug-likeness (QED) is 0.603. The van der Waals surface area contributed by atoms with Crippen LogP contribution in [0.25, 0.3) is 0 Å². The Morgan fingerprint density at radius 1 is 1.50 bits per heavy atom. The number of aromatic nitrogens is 1. The van der Waals surface area contributed by atoms with E-state index in [1.807, 2.05) is 0 Å². The molecular weight excluding hydrogens is 202 g/mol. The van der Waals surface area contributed by atoms with Crippen molar-refractivity contribution in [3.8, 4) is 0 Å². The third kappa shape index (κ3) is 3.00. The van der Waals surface area contributed by atoms with E-state index < -0.39 is 5.97 Å². The van der Waals surface area contributed by atoms with Gasteiger partial charge in [0, 0.05) is 12.1 Å². The molecule has 0 fully saturated rings. The molecule has 0 bridgehead atoms. The zero-order valence-electron chi connectivity index (χ0n) is 7.74. The van der Waals surface area contributed by atoms with Gasteiger partial charge in [0.15, 0.2) is 5.69 Å². The molecule has 14 heavy (non-hydrogen) atoms. The number of carboxylic acid groups (broad SMARTS) is 1. The summed E-state index contributed by atoms with van der Waals surface area (Å²) in [6, 6.07) is 3.55. The maximum absolute atomic E-state index is 10.8. The van der Waals surface area contributed by atoms with Crippen molar-refractivity contribution in [1.82, 2.24) is 4.98 Å². The molecule has 0 atom stereocenters. The number of aromatic carboxylic acids is 1. The van der Waals surface area contributed by atoms with Crippen molar-refractivity contribution in [2.75, 3.05) is 5.88 Å². The van der Waals surface area contributed by atoms with Crippen molar-refractivity contribution < 1.29 is 9.90 Å². The predicted octanol–water partition coefficient (Wildman–Crippen LogP) is 2.34. The van der Waals surface area contributed by atoms with Gasteiger partial charge < -0.3 is 5.11 Å². The number of aryl methyl sites for hydroxylation is 1. The molecule has 0 amide bonds. The number of carboxylic acids is 1. The van der Waals surface area contributed by atoms with E-state index in [9.17, 15) is 4.79 Å². The van der Waals surface area contributed by atoms with Crippen molar-refractivity contribution in [2.45, 2.75) is 19.3 Å². The molecular formula is C10H12ClNO2. The van der Waals surface area contributed by atoms with Crippen LogP contribution in [0.1, 0.15) is 28.9 Å². The number of alkyl halides is 1. The molecule has 0 aliphatic rings. The Hall–Kier alpha value is -1.09. The molecule has 0 aliphatic carbocycles. The molecule has 1 aromatic rings. The zero-order chi connectivity index (χ0) is 10.4. The second-order valence-corrected chi connectivity index (χ2v) is 3.34. The second kappa shape index (κ2) is 5.60. The molecule has 3 nitrogen and oxygen atoms in total. The lowest BCUT2D eigenvalue weighted by Gasteiger charge is -2.03. The molecule has 0 radical (unpaired) electrons. The Kier molecular flexibility index (Phi) is 4.40. The van der Waals surface area contributed by atoms with Crippen molar-refractivity contribution in [2.24, 2.45) is 0 Å². The van der Waals surface area contributed by atoms with Gasteiger partial charge in [-0.05, 0) is 30.9 Å². The van der Waals surface area contributed by atoms with E-state index in [0.29, 0.717) is 5.88 Å². The number of hydrogen-bond donors (Lipinski definition) is 1. The van der Waals surface area contributed by atoms with Crippen molar-refractivity contribution in [3.63, 3.8) is 0 Å². The van der Waals surface area contributed by atoms with Crippen LogP contribution < -0.4 is 0 Å². The van der Waals surface area contributed by atoms with Gasteiger partial charge in [0.1, 0.15) is 0 Å². The van der Waals surface area contributed by atoms with Crippen LogP contribution in [-0.4, -0.2) is 21.9 Å². The Labute approximate surface area is 87.7 Å². The molecule has 0 aromatic carbocycles. The molecule has 1 heterocycles. The second-order valence-electron chi connectivity index (χ2n) is 2.96. The summed E-state index contributed by atoms with van der Waals surface area (Å²) >= 11 is 5.54. The first-order chi connectivity index (χ1) is 6.75. The van der Waals surface area contributed by atoms with Crippen LogP contribution >= 0.6 is 11.6 Å². The minimum absolute atomic E-state index is 0.155. The summed E-state index contributed by atoms with van der Waals surface area (Å²) in [6.07, 6.45) is 4.02. The Morgan fingerprint density at radius 2 is 2.29 bits per heavy atom. The first-order valence-electron chi connectivity index (χ1n) is 4.49. The summed E-state index contributed by atoms with van der Waals surface area (Å²) in [4.78, 5) is 14.6. The highest BCUT2D eigenvalue weighted by molar-refractivity contribution is 6.17. The normalized spacial score (nSPS) is 10.1. The summed E-state index contributed by atoms with van der Waals surface area (Å²) in [7, 11) is 0. The van der Waals surface area contributed by atoms with Gasteiger partial charge in [-0.25, -0.2) is 9.78 Å². The molecule has 1 aromatic heterocycles. The van der Waals surface area contributed by atoms with Crippen LogP contribution in [0.15, 0.2) is 18.3 Å². The van der Waals surface area contributed by atoms with Crippen LogP contribution in [0.5, 0.6) is 0 Å². The van der Waals surface area contributed by atoms with Gasteiger partial charge in [0.05, 0.1) is 0 Å². The highest BCUT2D eigenvalue weighted by atomic mass is 35.5. The fourth-order valence-electron chi connectivity index (χ4n) is 1.24. The number of nitrogens with zero attached hydrogens (tertiary/aromatic N) is 1. The van der Waals surface area contributed by atoms with Crippen molar-refractivity contribution in [3.05, 3.63) is 29.6 Å². The van der Waals surface area contributed by atoms with E-state index >= 15 is 0 Å². The average molecular weight is 214 g/mol. The molecule has 4 heteroatoms. The first-order valence-corrected chi connectivity index (χ1v) is 5.02. The molecule has 0 spiro atoms. The lowest BCUT2D eigenvalue weighted by atomic mass is 10.1. The standard InChI is InChI=1S/C10H12ClNO2/c11-6-2-1-4-8-5-3-7-12-9(8)10(13)14/h3,5,7H,1-2,4,6H2,(H,13,14). The third-order valence-corrected chi connectivity index (χ3v) is 2.19. The van der Waals surface area contributed by atoms with Crippen LogP contribution in [0, 0.1) is 0 Å². The van der Waals surface area contributed by atoms with Gasteiger partial charge in [-0.1, -0.05) is 6.07 Å². The van der Waals surface area contributed by atoms with E-state index in [1.54, 1.807) is 12.1 Å². The largest absolute Gasteiger partial charge is 0.477 e. The minimum Gasteiger partial charge on any atom is -0.477 e. The number of pyridine rings is 1. The number of rotatable bonds is 5. The van der Waals surface area contributed by atoms with E-state index in [-0.39, 0.29) is 5.69 Å². The van der Waals surface area contributed by atoms with Crippen LogP contribution in [0.4, 0.5) is 0 Å². The number of carbonyl (C=O) groups is 1. The van der Waals surface area contributed by atoms with Gasteiger partial charge in [-0.2, -0.15) is 0 Å². The van der Waals surface area contributed by atoms with E-state index in [1.165, 1.54) is 6.20 Å². The Morgan fingerprint density at radius 3 is 2.93 bits per heavy atom. The average Bonchev–Trinajstić information content (AvgIpc) is 2.19. The zero-order valence-corrected chi connectivity index (χ0v) is 8.50. The molecule has 1 N–H and O–H groups in total. The fourth-order valence-corrected chi connectivity index (χ4v) is 1.43. The predicted molar refractivity (Wildman–Crippen MR) is 54.9 cm³/mol. The highest BCUT2D eigenvalue weighted by Gasteiger charge is 2.09. The molecule has 0 aliphatic heterocycles. The van der Waals surface area contributed by atoms with Gasteiger partial charge in [0.2, 0.25) is 0 Å². The molecule has 76 valence electrons. The molecule has 0 saturated heterocycles. The summed E-state index contributed by atoms with van der Waals surface area (Å²) in [6.45, 7) is 0. The SMILES string of the molecule is O=C(O)c1ncccc1CCCCCl. The fraction of sp³-hybridized carbons (Fsp3) is 0.400. The number of halogens is 1. The smallest absolute Gasteiger partial charge is 0.354 e. The highest BCUT2D eigenvalue weighted by Crippen LogP contribution is 2.09. The summed E-state index contributed by atoms with van der Waals surface area (Å²) in [5.41, 5.74) is 0.937. The third-order valence-electron chi connectivity index (χ3n) is 1.92. The molecule has 0 unspecified atom stereocenters. The number of unbranched alkanes of at least 4 members (excludes halogenated alkanes) is 1. The van der Waals surface area contributed by atoms with E-state index in [4.69, 9.17) is 16.7 Å². The lowest BCUT2D eigenvalue weighted by Crippen LogP contribution is -2.05. The number of hydrogen-bond acceptors (Lipinski definition) is 2. The van der Waals surface area contributed by atoms with Gasteiger partial charge in [0.25, 0.3) is 0 Å². The monoisotopic (exact) mass is 213 g/mol. The van der Waals surface area contributed by atoms with Gasteiger partial charge in [-0.3, -0.25) is 0 Å². The Balaban J connectivity index is 2.69. The molecule has 0 saturated carbocycles. The maximum Gasteiger partial charge on any atom is 0.354 e. The van der Waals surface area contributed by atoms with Gasteiger partial charge >= 0.3 is 5.97 Å². The topological polar surface area (TPSA) is 50.2 Å². The van der Waals surface area contributed by atoms with Crippen LogP contribution in [0.3, 0.4) is 0 Å². The maximum atomic E-state index is 10.8. The summed E-state index contributed by atoms with van der Waals surface area (Å²) in [5, 5.41) is 8.83. The summed E-state index contributed by atoms with van der Waals surface area (Å²) in [5.74, 6) is -0.352. The molecule has 1 rings (SSSR count). The van der Waals surface area contributed by atoms with Crippen molar-refractivity contribution in [1.29, 1.82) is 0 Å². The van der Waals surface area contributed by atoms with Crippen LogP contribution in [-0.2, 0) is 6.42 Å².